The Bertz CT molecular complexity index is 586. The van der Waals surface area contributed by atoms with Crippen molar-refractivity contribution in [1.82, 2.24) is 0 Å². The van der Waals surface area contributed by atoms with Crippen LogP contribution in [0.3, 0.4) is 0 Å². The number of benzene rings is 2. The monoisotopic (exact) mass is 301 g/mol. The minimum absolute atomic E-state index is 0.0222. The van der Waals surface area contributed by atoms with E-state index in [9.17, 15) is 4.79 Å². The molecule has 0 saturated carbocycles. The van der Waals surface area contributed by atoms with E-state index in [1.54, 1.807) is 17.8 Å². The quantitative estimate of drug-likeness (QED) is 0.859. The third-order valence-corrected chi connectivity index (χ3v) is 4.30. The minimum atomic E-state index is -0.136. The van der Waals surface area contributed by atoms with Gasteiger partial charge >= 0.3 is 0 Å². The number of aliphatic hydroxyl groups is 1. The largest absolute Gasteiger partial charge is 0.392 e. The Hall–Kier alpha value is -1.78. The SMILES string of the molecule is CC(SCc1ccccc1)C(=O)Nc1cccc(CO)c1. The van der Waals surface area contributed by atoms with E-state index < -0.39 is 0 Å². The Balaban J connectivity index is 1.87. The van der Waals surface area contributed by atoms with Gasteiger partial charge in [0.2, 0.25) is 5.91 Å². The first-order chi connectivity index (χ1) is 10.2. The van der Waals surface area contributed by atoms with E-state index in [1.165, 1.54) is 5.56 Å². The molecule has 0 fully saturated rings. The lowest BCUT2D eigenvalue weighted by Gasteiger charge is -2.12. The maximum absolute atomic E-state index is 12.1. The topological polar surface area (TPSA) is 49.3 Å². The van der Waals surface area contributed by atoms with Gasteiger partial charge in [-0.15, -0.1) is 11.8 Å². The van der Waals surface area contributed by atoms with Gasteiger partial charge in [-0.05, 0) is 30.2 Å². The molecule has 2 aromatic rings. The average molecular weight is 301 g/mol. The molecule has 1 unspecified atom stereocenters. The molecule has 1 atom stereocenters. The molecule has 110 valence electrons. The van der Waals surface area contributed by atoms with Crippen LogP contribution in [0.4, 0.5) is 5.69 Å². The van der Waals surface area contributed by atoms with Crippen molar-refractivity contribution in [1.29, 1.82) is 0 Å². The summed E-state index contributed by atoms with van der Waals surface area (Å²) in [7, 11) is 0. The molecular weight excluding hydrogens is 282 g/mol. The lowest BCUT2D eigenvalue weighted by molar-refractivity contribution is -0.115. The van der Waals surface area contributed by atoms with Crippen molar-refractivity contribution < 1.29 is 9.90 Å². The van der Waals surface area contributed by atoms with E-state index in [0.717, 1.165) is 17.0 Å². The predicted octanol–water partition coefficient (Wildman–Crippen LogP) is 3.44. The summed E-state index contributed by atoms with van der Waals surface area (Å²) in [6.07, 6.45) is 0. The fraction of sp³-hybridized carbons (Fsp3) is 0.235. The summed E-state index contributed by atoms with van der Waals surface area (Å²) in [5, 5.41) is 11.8. The first-order valence-electron chi connectivity index (χ1n) is 6.85. The van der Waals surface area contributed by atoms with Crippen molar-refractivity contribution in [3.05, 3.63) is 65.7 Å². The first kappa shape index (κ1) is 15.6. The molecule has 0 radical (unpaired) electrons. The zero-order valence-electron chi connectivity index (χ0n) is 12.0. The molecule has 21 heavy (non-hydrogen) atoms. The second-order valence-corrected chi connectivity index (χ2v) is 6.12. The van der Waals surface area contributed by atoms with Crippen LogP contribution in [0.5, 0.6) is 0 Å². The molecule has 1 amide bonds. The van der Waals surface area contributed by atoms with Crippen molar-refractivity contribution in [3.8, 4) is 0 Å². The number of carbonyl (C=O) groups excluding carboxylic acids is 1. The normalized spacial score (nSPS) is 11.9. The number of hydrogen-bond donors (Lipinski definition) is 2. The zero-order valence-corrected chi connectivity index (χ0v) is 12.8. The van der Waals surface area contributed by atoms with Gasteiger partial charge in [0.05, 0.1) is 11.9 Å². The molecule has 2 N–H and O–H groups in total. The summed E-state index contributed by atoms with van der Waals surface area (Å²) < 4.78 is 0. The van der Waals surface area contributed by atoms with Crippen LogP contribution in [0.25, 0.3) is 0 Å². The van der Waals surface area contributed by atoms with Crippen molar-refractivity contribution in [2.24, 2.45) is 0 Å². The second-order valence-electron chi connectivity index (χ2n) is 4.79. The van der Waals surface area contributed by atoms with Crippen LogP contribution in [-0.2, 0) is 17.2 Å². The lowest BCUT2D eigenvalue weighted by Crippen LogP contribution is -2.22. The van der Waals surface area contributed by atoms with Crippen LogP contribution in [0.1, 0.15) is 18.1 Å². The van der Waals surface area contributed by atoms with Gasteiger partial charge in [-0.1, -0.05) is 42.5 Å². The molecular formula is C17H19NO2S. The first-order valence-corrected chi connectivity index (χ1v) is 7.90. The van der Waals surface area contributed by atoms with Crippen LogP contribution in [0.15, 0.2) is 54.6 Å². The highest BCUT2D eigenvalue weighted by molar-refractivity contribution is 7.99. The molecule has 0 heterocycles. The standard InChI is InChI=1S/C17H19NO2S/c1-13(21-12-14-6-3-2-4-7-14)17(20)18-16-9-5-8-15(10-16)11-19/h2-10,13,19H,11-12H2,1H3,(H,18,20). The molecule has 3 nitrogen and oxygen atoms in total. The van der Waals surface area contributed by atoms with E-state index >= 15 is 0 Å². The van der Waals surface area contributed by atoms with Crippen LogP contribution in [0.2, 0.25) is 0 Å². The van der Waals surface area contributed by atoms with Gasteiger partial charge < -0.3 is 10.4 Å². The number of carbonyl (C=O) groups is 1. The maximum Gasteiger partial charge on any atom is 0.237 e. The summed E-state index contributed by atoms with van der Waals surface area (Å²) in [5.41, 5.74) is 2.72. The second kappa shape index (κ2) is 7.86. The third-order valence-electron chi connectivity index (χ3n) is 3.09. The Kier molecular flexibility index (Phi) is 5.84. The van der Waals surface area contributed by atoms with Crippen molar-refractivity contribution in [3.63, 3.8) is 0 Å². The number of nitrogens with one attached hydrogen (secondary N) is 1. The molecule has 0 aliphatic heterocycles. The molecule has 0 spiro atoms. The predicted molar refractivity (Wildman–Crippen MR) is 88.2 cm³/mol. The summed E-state index contributed by atoms with van der Waals surface area (Å²) in [6, 6.07) is 17.4. The molecule has 0 aromatic heterocycles. The highest BCUT2D eigenvalue weighted by atomic mass is 32.2. The summed E-state index contributed by atoms with van der Waals surface area (Å²) in [5.74, 6) is 0.789. The highest BCUT2D eigenvalue weighted by Gasteiger charge is 2.13. The maximum atomic E-state index is 12.1. The van der Waals surface area contributed by atoms with E-state index in [2.05, 4.69) is 17.4 Å². The molecule has 0 bridgehead atoms. The van der Waals surface area contributed by atoms with Gasteiger partial charge in [-0.3, -0.25) is 4.79 Å². The van der Waals surface area contributed by atoms with Crippen molar-refractivity contribution >= 4 is 23.4 Å². The smallest absolute Gasteiger partial charge is 0.237 e. The van der Waals surface area contributed by atoms with Gasteiger partial charge in [0, 0.05) is 11.4 Å². The number of anilines is 1. The van der Waals surface area contributed by atoms with Gasteiger partial charge in [0.15, 0.2) is 0 Å². The highest BCUT2D eigenvalue weighted by Crippen LogP contribution is 2.19. The minimum Gasteiger partial charge on any atom is -0.392 e. The molecule has 4 heteroatoms. The fourth-order valence-corrected chi connectivity index (χ4v) is 2.71. The number of hydrogen-bond acceptors (Lipinski definition) is 3. The lowest BCUT2D eigenvalue weighted by atomic mass is 10.2. The zero-order chi connectivity index (χ0) is 15.1. The number of rotatable bonds is 6. The summed E-state index contributed by atoms with van der Waals surface area (Å²) >= 11 is 1.61. The Morgan fingerprint density at radius 2 is 1.86 bits per heavy atom. The van der Waals surface area contributed by atoms with Crippen LogP contribution in [-0.4, -0.2) is 16.3 Å². The molecule has 0 saturated heterocycles. The van der Waals surface area contributed by atoms with E-state index in [0.29, 0.717) is 0 Å². The van der Waals surface area contributed by atoms with Gasteiger partial charge in [0.25, 0.3) is 0 Å². The van der Waals surface area contributed by atoms with Crippen LogP contribution < -0.4 is 5.32 Å². The molecule has 2 rings (SSSR count). The number of aliphatic hydroxyl groups excluding tert-OH is 1. The Morgan fingerprint density at radius 1 is 1.14 bits per heavy atom. The molecule has 2 aromatic carbocycles. The molecule has 0 aliphatic carbocycles. The molecule has 0 aliphatic rings. The fourth-order valence-electron chi connectivity index (χ4n) is 1.86. The van der Waals surface area contributed by atoms with Crippen molar-refractivity contribution in [2.75, 3.05) is 5.32 Å². The summed E-state index contributed by atoms with van der Waals surface area (Å²) in [4.78, 5) is 12.1. The Labute approximate surface area is 129 Å². The average Bonchev–Trinajstić information content (AvgIpc) is 2.53. The number of thioether (sulfide) groups is 1. The third kappa shape index (κ3) is 4.92. The van der Waals surface area contributed by atoms with E-state index in [-0.39, 0.29) is 17.8 Å². The van der Waals surface area contributed by atoms with Gasteiger partial charge in [-0.25, -0.2) is 0 Å². The van der Waals surface area contributed by atoms with E-state index in [1.807, 2.05) is 43.3 Å². The van der Waals surface area contributed by atoms with Crippen molar-refractivity contribution in [2.45, 2.75) is 24.5 Å². The summed E-state index contributed by atoms with van der Waals surface area (Å²) in [6.45, 7) is 1.88. The van der Waals surface area contributed by atoms with Gasteiger partial charge in [-0.2, -0.15) is 0 Å². The van der Waals surface area contributed by atoms with Gasteiger partial charge in [0.1, 0.15) is 0 Å². The van der Waals surface area contributed by atoms with E-state index in [4.69, 9.17) is 5.11 Å². The van der Waals surface area contributed by atoms with Crippen LogP contribution in [0, 0.1) is 0 Å². The Morgan fingerprint density at radius 3 is 2.57 bits per heavy atom. The van der Waals surface area contributed by atoms with Crippen LogP contribution >= 0.6 is 11.8 Å². The number of amides is 1.